The van der Waals surface area contributed by atoms with Crippen LogP contribution in [-0.2, 0) is 4.79 Å². The van der Waals surface area contributed by atoms with Gasteiger partial charge in [0.1, 0.15) is 15.5 Å². The maximum atomic E-state index is 13.6. The van der Waals surface area contributed by atoms with Gasteiger partial charge in [0.05, 0.1) is 34.1 Å². The number of benzene rings is 1. The summed E-state index contributed by atoms with van der Waals surface area (Å²) in [5, 5.41) is 6.80. The molecule has 0 saturated carbocycles. The number of rotatable bonds is 6. The van der Waals surface area contributed by atoms with Crippen LogP contribution in [0.5, 0.6) is 5.75 Å². The number of piperidine rings is 1. The molecule has 2 aliphatic rings. The molecule has 0 spiro atoms. The number of amides is 4. The van der Waals surface area contributed by atoms with Gasteiger partial charge in [-0.1, -0.05) is 6.58 Å². The number of carbonyl (C=O) groups is 3. The Labute approximate surface area is 225 Å². The van der Waals surface area contributed by atoms with E-state index in [4.69, 9.17) is 4.74 Å². The van der Waals surface area contributed by atoms with E-state index in [-0.39, 0.29) is 23.9 Å². The van der Waals surface area contributed by atoms with Gasteiger partial charge >= 0.3 is 6.03 Å². The molecule has 4 heterocycles. The molecular weight excluding hydrogens is 502 g/mol. The van der Waals surface area contributed by atoms with Gasteiger partial charge in [0.25, 0.3) is 5.91 Å². The number of aromatic nitrogens is 1. The molecule has 0 bridgehead atoms. The van der Waals surface area contributed by atoms with E-state index in [1.54, 1.807) is 22.1 Å². The van der Waals surface area contributed by atoms with Crippen molar-refractivity contribution in [1.82, 2.24) is 15.2 Å². The monoisotopic (exact) mass is 533 g/mol. The summed E-state index contributed by atoms with van der Waals surface area (Å²) in [7, 11) is 0. The first kappa shape index (κ1) is 25.7. The highest BCUT2D eigenvalue weighted by molar-refractivity contribution is 7.21. The maximum Gasteiger partial charge on any atom is 0.331 e. The molecular formula is C28H31N5O4S. The highest BCUT2D eigenvalue weighted by Crippen LogP contribution is 2.46. The molecule has 0 radical (unpaired) electrons. The van der Waals surface area contributed by atoms with Crippen molar-refractivity contribution in [2.75, 3.05) is 23.3 Å². The highest BCUT2D eigenvalue weighted by atomic mass is 32.1. The summed E-state index contributed by atoms with van der Waals surface area (Å²) in [4.78, 5) is 48.1. The van der Waals surface area contributed by atoms with E-state index in [0.29, 0.717) is 34.2 Å². The van der Waals surface area contributed by atoms with Gasteiger partial charge in [-0.05, 0) is 76.4 Å². The van der Waals surface area contributed by atoms with Crippen LogP contribution in [0, 0.1) is 6.92 Å². The van der Waals surface area contributed by atoms with Gasteiger partial charge in [-0.25, -0.2) is 9.78 Å². The van der Waals surface area contributed by atoms with Gasteiger partial charge in [-0.15, -0.1) is 11.3 Å². The minimum absolute atomic E-state index is 0.0395. The zero-order valence-corrected chi connectivity index (χ0v) is 22.8. The van der Waals surface area contributed by atoms with E-state index in [0.717, 1.165) is 35.2 Å². The molecule has 1 fully saturated rings. The predicted molar refractivity (Wildman–Crippen MR) is 150 cm³/mol. The van der Waals surface area contributed by atoms with Crippen molar-refractivity contribution in [3.63, 3.8) is 0 Å². The zero-order valence-electron chi connectivity index (χ0n) is 22.0. The minimum Gasteiger partial charge on any atom is -0.491 e. The molecule has 38 heavy (non-hydrogen) atoms. The third-order valence-corrected chi connectivity index (χ3v) is 7.93. The van der Waals surface area contributed by atoms with Crippen LogP contribution in [0.1, 0.15) is 48.8 Å². The Kier molecular flexibility index (Phi) is 6.60. The molecule has 1 unspecified atom stereocenters. The van der Waals surface area contributed by atoms with Crippen LogP contribution in [-0.4, -0.2) is 52.5 Å². The quantitative estimate of drug-likeness (QED) is 0.415. The van der Waals surface area contributed by atoms with E-state index in [1.165, 1.54) is 17.4 Å². The van der Waals surface area contributed by atoms with Crippen molar-refractivity contribution in [3.8, 4) is 5.75 Å². The molecule has 2 N–H and O–H groups in total. The van der Waals surface area contributed by atoms with Crippen LogP contribution in [0.4, 0.5) is 21.9 Å². The number of thiophene rings is 1. The predicted octanol–water partition coefficient (Wildman–Crippen LogP) is 5.37. The number of aryl methyl sites for hydroxylation is 1. The highest BCUT2D eigenvalue weighted by Gasteiger charge is 2.37. The largest absolute Gasteiger partial charge is 0.491 e. The first-order chi connectivity index (χ1) is 18.1. The molecule has 10 heteroatoms. The number of hydrogen-bond acceptors (Lipinski definition) is 6. The summed E-state index contributed by atoms with van der Waals surface area (Å²) in [5.41, 5.74) is 2.12. The summed E-state index contributed by atoms with van der Waals surface area (Å²) in [6, 6.07) is 7.06. The fourth-order valence-corrected chi connectivity index (χ4v) is 6.21. The van der Waals surface area contributed by atoms with Gasteiger partial charge in [-0.3, -0.25) is 14.5 Å². The number of likely N-dealkylation sites (tertiary alicyclic amines) is 1. The second-order valence-corrected chi connectivity index (χ2v) is 11.3. The number of ether oxygens (including phenoxy) is 1. The van der Waals surface area contributed by atoms with Crippen molar-refractivity contribution in [2.24, 2.45) is 0 Å². The average molecular weight is 534 g/mol. The standard InChI is InChI=1S/C28H31N5O4S/c1-6-21(34)32-13-7-11-28(5,15-32)31-25(35)24-23-22-20(10-12-29-26(22)38-24)33(27(36)30-23)19-9-8-18(14-17(19)4)37-16(2)3/h6,8-10,12,14,16H,1,7,11,13,15H2,2-5H3,(H,30,36)(H,31,35). The number of hydrogen-bond donors (Lipinski definition) is 2. The third kappa shape index (κ3) is 4.60. The molecule has 3 aromatic rings. The smallest absolute Gasteiger partial charge is 0.331 e. The number of nitrogens with zero attached hydrogens (tertiary/aromatic N) is 3. The Hall–Kier alpha value is -3.92. The molecule has 5 rings (SSSR count). The Morgan fingerprint density at radius 3 is 2.79 bits per heavy atom. The topological polar surface area (TPSA) is 104 Å². The van der Waals surface area contributed by atoms with Gasteiger partial charge in [0, 0.05) is 19.3 Å². The van der Waals surface area contributed by atoms with Crippen LogP contribution in [0.25, 0.3) is 10.2 Å². The molecule has 1 atom stereocenters. The van der Waals surface area contributed by atoms with E-state index in [2.05, 4.69) is 22.2 Å². The second-order valence-electron chi connectivity index (χ2n) is 10.3. The van der Waals surface area contributed by atoms with Gasteiger partial charge in [-0.2, -0.15) is 0 Å². The fourth-order valence-electron chi connectivity index (χ4n) is 5.20. The summed E-state index contributed by atoms with van der Waals surface area (Å²) in [6.07, 6.45) is 4.49. The van der Waals surface area contributed by atoms with E-state index >= 15 is 0 Å². The molecule has 4 amide bonds. The summed E-state index contributed by atoms with van der Waals surface area (Å²) >= 11 is 1.24. The number of anilines is 3. The van der Waals surface area contributed by atoms with Gasteiger partial charge in [0.15, 0.2) is 0 Å². The minimum atomic E-state index is -0.602. The molecule has 2 aromatic heterocycles. The summed E-state index contributed by atoms with van der Waals surface area (Å²) < 4.78 is 5.81. The molecule has 9 nitrogen and oxygen atoms in total. The molecule has 2 aliphatic heterocycles. The van der Waals surface area contributed by atoms with Crippen molar-refractivity contribution in [3.05, 3.63) is 53.6 Å². The zero-order chi connectivity index (χ0) is 27.2. The van der Waals surface area contributed by atoms with Gasteiger partial charge in [0.2, 0.25) is 5.91 Å². The summed E-state index contributed by atoms with van der Waals surface area (Å²) in [5.74, 6) is 0.283. The lowest BCUT2D eigenvalue weighted by molar-refractivity contribution is -0.128. The lowest BCUT2D eigenvalue weighted by Gasteiger charge is -2.40. The van der Waals surface area contributed by atoms with Crippen molar-refractivity contribution in [2.45, 2.75) is 52.2 Å². The Morgan fingerprint density at radius 1 is 1.29 bits per heavy atom. The molecule has 198 valence electrons. The second kappa shape index (κ2) is 9.75. The van der Waals surface area contributed by atoms with Crippen LogP contribution in [0.3, 0.4) is 0 Å². The van der Waals surface area contributed by atoms with Crippen LogP contribution in [0.2, 0.25) is 0 Å². The van der Waals surface area contributed by atoms with Crippen LogP contribution < -0.4 is 20.3 Å². The molecule has 1 saturated heterocycles. The normalized spacial score (nSPS) is 18.9. The van der Waals surface area contributed by atoms with Crippen molar-refractivity contribution < 1.29 is 19.1 Å². The van der Waals surface area contributed by atoms with E-state index in [9.17, 15) is 14.4 Å². The number of urea groups is 1. The third-order valence-electron chi connectivity index (χ3n) is 6.83. The van der Waals surface area contributed by atoms with E-state index < -0.39 is 5.54 Å². The Balaban J connectivity index is 1.49. The first-order valence-electron chi connectivity index (χ1n) is 12.6. The van der Waals surface area contributed by atoms with E-state index in [1.807, 2.05) is 45.9 Å². The Morgan fingerprint density at radius 2 is 2.08 bits per heavy atom. The molecule has 1 aromatic carbocycles. The van der Waals surface area contributed by atoms with Crippen LogP contribution >= 0.6 is 11.3 Å². The maximum absolute atomic E-state index is 13.6. The Bertz CT molecular complexity index is 1460. The average Bonchev–Trinajstić information content (AvgIpc) is 3.23. The van der Waals surface area contributed by atoms with Crippen LogP contribution in [0.15, 0.2) is 43.1 Å². The van der Waals surface area contributed by atoms with Gasteiger partial charge < -0.3 is 20.3 Å². The number of carbonyl (C=O) groups excluding carboxylic acids is 3. The lowest BCUT2D eigenvalue weighted by atomic mass is 9.90. The number of pyridine rings is 1. The lowest BCUT2D eigenvalue weighted by Crippen LogP contribution is -2.57. The van der Waals surface area contributed by atoms with Crippen molar-refractivity contribution in [1.29, 1.82) is 0 Å². The number of nitrogens with one attached hydrogen (secondary N) is 2. The fraction of sp³-hybridized carbons (Fsp3) is 0.357. The SMILES string of the molecule is C=CC(=O)N1CCCC(C)(NC(=O)c2sc3nccc4c3c2NC(=O)N4c2ccc(OC(C)C)cc2C)C1. The summed E-state index contributed by atoms with van der Waals surface area (Å²) in [6.45, 7) is 12.4. The first-order valence-corrected chi connectivity index (χ1v) is 13.5. The molecule has 0 aliphatic carbocycles. The van der Waals surface area contributed by atoms with Crippen molar-refractivity contribution >= 4 is 56.5 Å².